The number of halogens is 1. The van der Waals surface area contributed by atoms with E-state index in [1.54, 1.807) is 0 Å². The molecule has 100 valence electrons. The summed E-state index contributed by atoms with van der Waals surface area (Å²) in [7, 11) is 0. The van der Waals surface area contributed by atoms with Crippen LogP contribution in [0.1, 0.15) is 11.1 Å². The van der Waals surface area contributed by atoms with Gasteiger partial charge in [-0.2, -0.15) is 0 Å². The third-order valence-corrected chi connectivity index (χ3v) is 4.05. The van der Waals surface area contributed by atoms with Gasteiger partial charge < -0.3 is 5.32 Å². The Morgan fingerprint density at radius 3 is 2.45 bits per heavy atom. The van der Waals surface area contributed by atoms with Crippen LogP contribution in [-0.2, 0) is 6.54 Å². The van der Waals surface area contributed by atoms with Crippen molar-refractivity contribution >= 4 is 32.4 Å². The molecule has 0 spiro atoms. The van der Waals surface area contributed by atoms with Crippen LogP contribution >= 0.6 is 15.9 Å². The molecule has 0 saturated heterocycles. The largest absolute Gasteiger partial charge is 0.380 e. The van der Waals surface area contributed by atoms with Crippen molar-refractivity contribution in [2.24, 2.45) is 0 Å². The van der Waals surface area contributed by atoms with E-state index in [-0.39, 0.29) is 0 Å². The Balaban J connectivity index is 1.90. The van der Waals surface area contributed by atoms with Gasteiger partial charge in [-0.05, 0) is 35.6 Å². The second kappa shape index (κ2) is 5.68. The number of fused-ring (bicyclic) bond motifs is 1. The molecule has 3 aromatic rings. The summed E-state index contributed by atoms with van der Waals surface area (Å²) >= 11 is 3.47. The van der Waals surface area contributed by atoms with Crippen LogP contribution in [0.25, 0.3) is 10.8 Å². The van der Waals surface area contributed by atoms with Crippen LogP contribution in [0.3, 0.4) is 0 Å². The van der Waals surface area contributed by atoms with Gasteiger partial charge in [-0.25, -0.2) is 0 Å². The Labute approximate surface area is 127 Å². The number of nitrogens with one attached hydrogen (secondary N) is 1. The van der Waals surface area contributed by atoms with Gasteiger partial charge in [-0.15, -0.1) is 0 Å². The molecular weight excluding hydrogens is 310 g/mol. The van der Waals surface area contributed by atoms with Gasteiger partial charge in [0.15, 0.2) is 0 Å². The Bertz CT molecular complexity index is 732. The minimum absolute atomic E-state index is 0.835. The Hall–Kier alpha value is -1.80. The number of rotatable bonds is 3. The molecule has 0 radical (unpaired) electrons. The third kappa shape index (κ3) is 2.70. The average molecular weight is 326 g/mol. The first-order valence-electron chi connectivity index (χ1n) is 6.71. The van der Waals surface area contributed by atoms with Crippen molar-refractivity contribution in [2.45, 2.75) is 13.5 Å². The fourth-order valence-corrected chi connectivity index (χ4v) is 2.67. The van der Waals surface area contributed by atoms with Crippen molar-refractivity contribution in [3.05, 3.63) is 76.3 Å². The van der Waals surface area contributed by atoms with Crippen LogP contribution in [0, 0.1) is 6.92 Å². The van der Waals surface area contributed by atoms with Crippen molar-refractivity contribution in [2.75, 3.05) is 5.32 Å². The standard InChI is InChI=1S/C18H16BrN/c1-13-6-9-15-4-2-3-5-17(15)18(13)20-12-14-7-10-16(19)11-8-14/h2-11,20H,12H2,1H3. The van der Waals surface area contributed by atoms with E-state index in [4.69, 9.17) is 0 Å². The molecule has 0 unspecified atom stereocenters. The summed E-state index contributed by atoms with van der Waals surface area (Å²) in [6.45, 7) is 2.98. The Kier molecular flexibility index (Phi) is 3.75. The Morgan fingerprint density at radius 2 is 1.65 bits per heavy atom. The van der Waals surface area contributed by atoms with Gasteiger partial charge in [0.25, 0.3) is 0 Å². The van der Waals surface area contributed by atoms with Crippen molar-refractivity contribution < 1.29 is 0 Å². The van der Waals surface area contributed by atoms with E-state index >= 15 is 0 Å². The fourth-order valence-electron chi connectivity index (χ4n) is 2.41. The molecule has 0 aliphatic rings. The number of aryl methyl sites for hydroxylation is 1. The highest BCUT2D eigenvalue weighted by Gasteiger charge is 2.04. The van der Waals surface area contributed by atoms with E-state index in [0.717, 1.165) is 11.0 Å². The SMILES string of the molecule is Cc1ccc2ccccc2c1NCc1ccc(Br)cc1. The molecule has 0 amide bonds. The molecule has 1 N–H and O–H groups in total. The smallest absolute Gasteiger partial charge is 0.0452 e. The van der Waals surface area contributed by atoms with Gasteiger partial charge in [0.1, 0.15) is 0 Å². The summed E-state index contributed by atoms with van der Waals surface area (Å²) in [5.41, 5.74) is 3.78. The zero-order chi connectivity index (χ0) is 13.9. The molecule has 0 aromatic heterocycles. The molecular formula is C18H16BrN. The first-order chi connectivity index (χ1) is 9.74. The van der Waals surface area contributed by atoms with Crippen molar-refractivity contribution in [1.82, 2.24) is 0 Å². The molecule has 0 bridgehead atoms. The maximum Gasteiger partial charge on any atom is 0.0452 e. The predicted molar refractivity (Wildman–Crippen MR) is 90.2 cm³/mol. The lowest BCUT2D eigenvalue weighted by atomic mass is 10.0. The molecule has 2 heteroatoms. The van der Waals surface area contributed by atoms with Crippen molar-refractivity contribution in [3.8, 4) is 0 Å². The highest BCUT2D eigenvalue weighted by atomic mass is 79.9. The number of benzene rings is 3. The van der Waals surface area contributed by atoms with Crippen LogP contribution in [0.2, 0.25) is 0 Å². The van der Waals surface area contributed by atoms with Crippen LogP contribution in [0.15, 0.2) is 65.1 Å². The van der Waals surface area contributed by atoms with Gasteiger partial charge in [0.2, 0.25) is 0 Å². The molecule has 3 rings (SSSR count). The molecule has 0 aliphatic carbocycles. The van der Waals surface area contributed by atoms with E-state index < -0.39 is 0 Å². The molecule has 0 saturated carbocycles. The van der Waals surface area contributed by atoms with E-state index in [1.165, 1.54) is 27.6 Å². The monoisotopic (exact) mass is 325 g/mol. The van der Waals surface area contributed by atoms with E-state index in [1.807, 2.05) is 0 Å². The summed E-state index contributed by atoms with van der Waals surface area (Å²) in [5.74, 6) is 0. The molecule has 3 aromatic carbocycles. The first-order valence-corrected chi connectivity index (χ1v) is 7.50. The van der Waals surface area contributed by atoms with E-state index in [0.29, 0.717) is 0 Å². The summed E-state index contributed by atoms with van der Waals surface area (Å²) in [5, 5.41) is 6.13. The second-order valence-electron chi connectivity index (χ2n) is 4.96. The summed E-state index contributed by atoms with van der Waals surface area (Å²) in [4.78, 5) is 0. The van der Waals surface area contributed by atoms with Crippen LogP contribution in [-0.4, -0.2) is 0 Å². The Morgan fingerprint density at radius 1 is 0.900 bits per heavy atom. The fraction of sp³-hybridized carbons (Fsp3) is 0.111. The highest BCUT2D eigenvalue weighted by molar-refractivity contribution is 9.10. The lowest BCUT2D eigenvalue weighted by Crippen LogP contribution is -2.01. The van der Waals surface area contributed by atoms with Gasteiger partial charge in [0.05, 0.1) is 0 Å². The molecule has 0 fully saturated rings. The van der Waals surface area contributed by atoms with E-state index in [2.05, 4.69) is 88.8 Å². The highest BCUT2D eigenvalue weighted by Crippen LogP contribution is 2.27. The maximum absolute atomic E-state index is 3.58. The van der Waals surface area contributed by atoms with E-state index in [9.17, 15) is 0 Å². The minimum Gasteiger partial charge on any atom is -0.380 e. The predicted octanol–water partition coefficient (Wildman–Crippen LogP) is 5.52. The third-order valence-electron chi connectivity index (χ3n) is 3.52. The first kappa shape index (κ1) is 13.2. The molecule has 0 heterocycles. The molecule has 20 heavy (non-hydrogen) atoms. The van der Waals surface area contributed by atoms with Crippen LogP contribution in [0.5, 0.6) is 0 Å². The topological polar surface area (TPSA) is 12.0 Å². The normalized spacial score (nSPS) is 10.7. The van der Waals surface area contributed by atoms with Crippen LogP contribution < -0.4 is 5.32 Å². The number of hydrogen-bond donors (Lipinski definition) is 1. The molecule has 1 nitrogen and oxygen atoms in total. The van der Waals surface area contributed by atoms with Gasteiger partial charge >= 0.3 is 0 Å². The lowest BCUT2D eigenvalue weighted by molar-refractivity contribution is 1.14. The second-order valence-corrected chi connectivity index (χ2v) is 5.87. The number of anilines is 1. The minimum atomic E-state index is 0.835. The zero-order valence-electron chi connectivity index (χ0n) is 11.4. The summed E-state index contributed by atoms with van der Waals surface area (Å²) in [6.07, 6.45) is 0. The summed E-state index contributed by atoms with van der Waals surface area (Å²) < 4.78 is 1.11. The molecule has 0 aliphatic heterocycles. The van der Waals surface area contributed by atoms with Crippen LogP contribution in [0.4, 0.5) is 5.69 Å². The van der Waals surface area contributed by atoms with Gasteiger partial charge in [-0.3, -0.25) is 0 Å². The zero-order valence-corrected chi connectivity index (χ0v) is 12.9. The summed E-state index contributed by atoms with van der Waals surface area (Å²) in [6, 6.07) is 21.3. The van der Waals surface area contributed by atoms with Crippen molar-refractivity contribution in [3.63, 3.8) is 0 Å². The molecule has 0 atom stereocenters. The van der Waals surface area contributed by atoms with Crippen molar-refractivity contribution in [1.29, 1.82) is 0 Å². The quantitative estimate of drug-likeness (QED) is 0.668. The maximum atomic E-state index is 3.58. The lowest BCUT2D eigenvalue weighted by Gasteiger charge is -2.13. The average Bonchev–Trinajstić information content (AvgIpc) is 2.48. The number of hydrogen-bond acceptors (Lipinski definition) is 1. The van der Waals surface area contributed by atoms with Gasteiger partial charge in [0, 0.05) is 22.1 Å². The van der Waals surface area contributed by atoms with Gasteiger partial charge in [-0.1, -0.05) is 64.5 Å².